The number of aryl methyl sites for hydroxylation is 1. The number of hydrogen-bond donors (Lipinski definition) is 4. The van der Waals surface area contributed by atoms with Gasteiger partial charge in [0.25, 0.3) is 11.8 Å². The van der Waals surface area contributed by atoms with E-state index in [1.54, 1.807) is 35.1 Å². The molecule has 0 spiro atoms. The number of nitrogens with one attached hydrogen (secondary N) is 2. The van der Waals surface area contributed by atoms with E-state index in [-0.39, 0.29) is 0 Å². The second-order valence-electron chi connectivity index (χ2n) is 6.02. The molecule has 2 amide bonds. The molecular weight excluding hydrogens is 312 g/mol. The number of nitrogens with zero attached hydrogens (tertiary/aromatic N) is 2. The first-order chi connectivity index (χ1) is 11.2. The van der Waals surface area contributed by atoms with E-state index in [1.807, 2.05) is 13.2 Å². The summed E-state index contributed by atoms with van der Waals surface area (Å²) >= 11 is 0. The first-order valence-electron chi connectivity index (χ1n) is 7.28. The summed E-state index contributed by atoms with van der Waals surface area (Å²) in [6.45, 7) is 2.72. The Hall–Kier alpha value is -2.71. The van der Waals surface area contributed by atoms with Gasteiger partial charge in [-0.3, -0.25) is 19.5 Å². The molecule has 0 aliphatic rings. The largest absolute Gasteiger partial charge is 0.388 e. The number of amides is 2. The fourth-order valence-corrected chi connectivity index (χ4v) is 2.23. The van der Waals surface area contributed by atoms with E-state index >= 15 is 0 Å². The van der Waals surface area contributed by atoms with E-state index in [1.165, 1.54) is 19.3 Å². The topological polar surface area (TPSA) is 116 Å². The second kappa shape index (κ2) is 6.81. The Balaban J connectivity index is 2.16. The summed E-state index contributed by atoms with van der Waals surface area (Å²) in [5.41, 5.74) is 2.03. The smallest absolute Gasteiger partial charge is 0.268 e. The van der Waals surface area contributed by atoms with Gasteiger partial charge in [-0.1, -0.05) is 12.1 Å². The monoisotopic (exact) mass is 332 g/mol. The maximum Gasteiger partial charge on any atom is 0.268 e. The first-order valence-corrected chi connectivity index (χ1v) is 7.28. The first kappa shape index (κ1) is 17.6. The number of hydroxylamine groups is 1. The van der Waals surface area contributed by atoms with E-state index < -0.39 is 23.5 Å². The van der Waals surface area contributed by atoms with E-state index in [4.69, 9.17) is 5.21 Å². The highest BCUT2D eigenvalue weighted by Crippen LogP contribution is 2.19. The zero-order valence-electron chi connectivity index (χ0n) is 13.6. The lowest BCUT2D eigenvalue weighted by molar-refractivity contribution is -0.136. The third-order valence-corrected chi connectivity index (χ3v) is 3.54. The summed E-state index contributed by atoms with van der Waals surface area (Å²) in [5.74, 6) is -1.44. The zero-order chi connectivity index (χ0) is 17.9. The fraction of sp³-hybridized carbons (Fsp3) is 0.312. The molecule has 0 radical (unpaired) electrons. The number of hydrogen-bond acceptors (Lipinski definition) is 5. The average Bonchev–Trinajstić information content (AvgIpc) is 2.97. The number of aromatic nitrogens is 2. The number of aliphatic hydroxyl groups is 1. The van der Waals surface area contributed by atoms with Gasteiger partial charge in [0.15, 0.2) is 0 Å². The summed E-state index contributed by atoms with van der Waals surface area (Å²) in [6, 6.07) is 5.44. The molecule has 0 unspecified atom stereocenters. The van der Waals surface area contributed by atoms with Crippen LogP contribution in [0.15, 0.2) is 36.7 Å². The van der Waals surface area contributed by atoms with Gasteiger partial charge >= 0.3 is 0 Å². The van der Waals surface area contributed by atoms with Crippen LogP contribution in [0, 0.1) is 0 Å². The molecule has 8 nitrogen and oxygen atoms in total. The maximum atomic E-state index is 12.3. The average molecular weight is 332 g/mol. The van der Waals surface area contributed by atoms with Crippen molar-refractivity contribution in [2.24, 2.45) is 7.05 Å². The molecule has 8 heteroatoms. The predicted octanol–water partition coefficient (Wildman–Crippen LogP) is 0.462. The van der Waals surface area contributed by atoms with Crippen molar-refractivity contribution in [3.63, 3.8) is 0 Å². The highest BCUT2D eigenvalue weighted by Gasteiger charge is 2.34. The van der Waals surface area contributed by atoms with Crippen molar-refractivity contribution in [3.05, 3.63) is 42.2 Å². The van der Waals surface area contributed by atoms with Gasteiger partial charge in [0.05, 0.1) is 11.8 Å². The summed E-state index contributed by atoms with van der Waals surface area (Å²) in [4.78, 5) is 23.9. The van der Waals surface area contributed by atoms with Crippen molar-refractivity contribution in [2.45, 2.75) is 25.5 Å². The second-order valence-corrected chi connectivity index (χ2v) is 6.02. The summed E-state index contributed by atoms with van der Waals surface area (Å²) in [6.07, 6.45) is 3.57. The quantitative estimate of drug-likeness (QED) is 0.469. The van der Waals surface area contributed by atoms with Gasteiger partial charge in [-0.05, 0) is 31.5 Å². The van der Waals surface area contributed by atoms with Crippen LogP contribution in [-0.2, 0) is 11.8 Å². The van der Waals surface area contributed by atoms with Gasteiger partial charge in [0.2, 0.25) is 0 Å². The molecule has 0 aliphatic heterocycles. The molecular formula is C16H20N4O4. The SMILES string of the molecule is Cn1cc(-c2ccc(C(=O)N[C@H](C(=O)NO)C(C)(C)O)cc2)cn1. The molecule has 1 atom stereocenters. The van der Waals surface area contributed by atoms with Crippen molar-refractivity contribution in [2.75, 3.05) is 0 Å². The summed E-state index contributed by atoms with van der Waals surface area (Å²) < 4.78 is 1.68. The zero-order valence-corrected chi connectivity index (χ0v) is 13.6. The number of carbonyl (C=O) groups excluding carboxylic acids is 2. The van der Waals surface area contributed by atoms with Crippen LogP contribution in [0.2, 0.25) is 0 Å². The summed E-state index contributed by atoms with van der Waals surface area (Å²) in [5, 5.41) is 25.2. The standard InChI is InChI=1S/C16H20N4O4/c1-16(2,23)13(15(22)19-24)18-14(21)11-6-4-10(5-7-11)12-8-17-20(3)9-12/h4-9,13,23-24H,1-3H3,(H,18,21)(H,19,22)/t13-/m1/s1. The molecule has 1 heterocycles. The third kappa shape index (κ3) is 3.98. The van der Waals surface area contributed by atoms with Crippen LogP contribution >= 0.6 is 0 Å². The Morgan fingerprint density at radius 3 is 2.29 bits per heavy atom. The van der Waals surface area contributed by atoms with E-state index in [9.17, 15) is 14.7 Å². The van der Waals surface area contributed by atoms with Crippen molar-refractivity contribution in [1.29, 1.82) is 0 Å². The lowest BCUT2D eigenvalue weighted by Gasteiger charge is -2.28. The summed E-state index contributed by atoms with van der Waals surface area (Å²) in [7, 11) is 1.81. The highest BCUT2D eigenvalue weighted by molar-refractivity contribution is 5.98. The van der Waals surface area contributed by atoms with Crippen LogP contribution in [0.3, 0.4) is 0 Å². The lowest BCUT2D eigenvalue weighted by Crippen LogP contribution is -2.57. The number of carbonyl (C=O) groups is 2. The molecule has 0 aliphatic carbocycles. The fourth-order valence-electron chi connectivity index (χ4n) is 2.23. The van der Waals surface area contributed by atoms with Gasteiger partial charge in [0, 0.05) is 24.4 Å². The molecule has 1 aromatic heterocycles. The minimum Gasteiger partial charge on any atom is -0.388 e. The Kier molecular flexibility index (Phi) is 5.01. The third-order valence-electron chi connectivity index (χ3n) is 3.54. The molecule has 128 valence electrons. The van der Waals surface area contributed by atoms with Gasteiger partial charge < -0.3 is 10.4 Å². The predicted molar refractivity (Wildman–Crippen MR) is 86.1 cm³/mol. The highest BCUT2D eigenvalue weighted by atomic mass is 16.5. The lowest BCUT2D eigenvalue weighted by atomic mass is 9.97. The van der Waals surface area contributed by atoms with Crippen molar-refractivity contribution in [3.8, 4) is 11.1 Å². The van der Waals surface area contributed by atoms with Gasteiger partial charge in [-0.2, -0.15) is 5.10 Å². The molecule has 1 aromatic carbocycles. The molecule has 24 heavy (non-hydrogen) atoms. The van der Waals surface area contributed by atoms with Crippen molar-refractivity contribution in [1.82, 2.24) is 20.6 Å². The molecule has 2 rings (SSSR count). The van der Waals surface area contributed by atoms with Gasteiger partial charge in [-0.25, -0.2) is 5.48 Å². The maximum absolute atomic E-state index is 12.3. The van der Waals surface area contributed by atoms with Gasteiger partial charge in [-0.15, -0.1) is 0 Å². The minimum atomic E-state index is -1.54. The van der Waals surface area contributed by atoms with Crippen molar-refractivity contribution >= 4 is 11.8 Å². The molecule has 0 saturated carbocycles. The van der Waals surface area contributed by atoms with E-state index in [2.05, 4.69) is 10.4 Å². The van der Waals surface area contributed by atoms with Crippen molar-refractivity contribution < 1.29 is 19.9 Å². The minimum absolute atomic E-state index is 0.322. The molecule has 4 N–H and O–H groups in total. The van der Waals surface area contributed by atoms with E-state index in [0.717, 1.165) is 11.1 Å². The van der Waals surface area contributed by atoms with Crippen LogP contribution < -0.4 is 10.8 Å². The number of benzene rings is 1. The number of rotatable bonds is 5. The van der Waals surface area contributed by atoms with E-state index in [0.29, 0.717) is 5.56 Å². The Morgan fingerprint density at radius 2 is 1.83 bits per heavy atom. The normalized spacial score (nSPS) is 12.5. The Morgan fingerprint density at radius 1 is 1.21 bits per heavy atom. The van der Waals surface area contributed by atoms with Crippen LogP contribution in [0.1, 0.15) is 24.2 Å². The Bertz CT molecular complexity index is 731. The van der Waals surface area contributed by atoms with Crippen LogP contribution in [0.5, 0.6) is 0 Å². The molecule has 0 bridgehead atoms. The molecule has 2 aromatic rings. The Labute approximate surface area is 139 Å². The van der Waals surface area contributed by atoms with Crippen LogP contribution in [-0.4, -0.2) is 43.6 Å². The van der Waals surface area contributed by atoms with Crippen LogP contribution in [0.4, 0.5) is 0 Å². The van der Waals surface area contributed by atoms with Gasteiger partial charge in [0.1, 0.15) is 6.04 Å². The molecule has 0 fully saturated rings. The van der Waals surface area contributed by atoms with Crippen LogP contribution in [0.25, 0.3) is 11.1 Å². The molecule has 0 saturated heterocycles.